The second-order valence-corrected chi connectivity index (χ2v) is 10.6. The molecule has 0 spiro atoms. The predicted octanol–water partition coefficient (Wildman–Crippen LogP) is 4.06. The maximum absolute atomic E-state index is 11.6. The van der Waals surface area contributed by atoms with E-state index in [-0.39, 0.29) is 17.8 Å². The van der Waals surface area contributed by atoms with Crippen LogP contribution in [0.2, 0.25) is 0 Å². The van der Waals surface area contributed by atoms with Crippen molar-refractivity contribution in [3.8, 4) is 0 Å². The first kappa shape index (κ1) is 29.2. The van der Waals surface area contributed by atoms with Crippen LogP contribution >= 0.6 is 0 Å². The summed E-state index contributed by atoms with van der Waals surface area (Å²) in [5.74, 6) is -0.936. The van der Waals surface area contributed by atoms with Crippen LogP contribution < -0.4 is 25.8 Å². The number of anilines is 7. The van der Waals surface area contributed by atoms with Gasteiger partial charge in [0.2, 0.25) is 17.8 Å². The molecule has 3 heterocycles. The van der Waals surface area contributed by atoms with Crippen LogP contribution in [0.1, 0.15) is 11.4 Å². The summed E-state index contributed by atoms with van der Waals surface area (Å²) >= 11 is 0. The molecule has 1 atom stereocenters. The van der Waals surface area contributed by atoms with Gasteiger partial charge in [-0.15, -0.1) is 0 Å². The van der Waals surface area contributed by atoms with Gasteiger partial charge in [-0.25, -0.2) is 4.79 Å². The van der Waals surface area contributed by atoms with Crippen LogP contribution in [0.5, 0.6) is 0 Å². The highest BCUT2D eigenvalue weighted by Gasteiger charge is 2.19. The number of nitrogens with zero attached hydrogens (tertiary/aromatic N) is 7. The molecule has 3 aromatic heterocycles. The fourth-order valence-electron chi connectivity index (χ4n) is 4.72. The Labute approximate surface area is 248 Å². The average molecular weight is 583 g/mol. The van der Waals surface area contributed by atoms with Gasteiger partial charge in [0, 0.05) is 73.1 Å². The Bertz CT molecular complexity index is 1710. The second kappa shape index (κ2) is 11.9. The van der Waals surface area contributed by atoms with E-state index in [1.165, 1.54) is 0 Å². The van der Waals surface area contributed by atoms with Crippen LogP contribution in [0.3, 0.4) is 0 Å². The van der Waals surface area contributed by atoms with Gasteiger partial charge in [0.05, 0.1) is 17.6 Å². The lowest BCUT2D eigenvalue weighted by atomic mass is 10.1. The molecule has 0 amide bonds. The Morgan fingerprint density at radius 3 is 1.56 bits per heavy atom. The number of aliphatic carboxylic acids is 1. The summed E-state index contributed by atoms with van der Waals surface area (Å²) in [5.41, 5.74) is 6.94. The first-order valence-corrected chi connectivity index (χ1v) is 13.6. The van der Waals surface area contributed by atoms with Crippen LogP contribution in [-0.4, -0.2) is 81.9 Å². The quantitative estimate of drug-likeness (QED) is 0.160. The molecule has 222 valence electrons. The lowest BCUT2D eigenvalue weighted by Crippen LogP contribution is -2.33. The number of carboxylic acid groups (broad SMARTS) is 1. The summed E-state index contributed by atoms with van der Waals surface area (Å²) in [5, 5.41) is 30.0. The lowest BCUT2D eigenvalue weighted by Gasteiger charge is -2.18. The predicted molar refractivity (Wildman–Crippen MR) is 170 cm³/mol. The van der Waals surface area contributed by atoms with Crippen molar-refractivity contribution in [2.45, 2.75) is 19.9 Å². The molecule has 0 bridgehead atoms. The Balaban J connectivity index is 1.54. The fourth-order valence-corrected chi connectivity index (χ4v) is 4.72. The van der Waals surface area contributed by atoms with E-state index in [0.29, 0.717) is 11.4 Å². The number of aryl methyl sites for hydroxylation is 2. The summed E-state index contributed by atoms with van der Waals surface area (Å²) in [4.78, 5) is 38.3. The van der Waals surface area contributed by atoms with Gasteiger partial charge in [0.1, 0.15) is 0 Å². The number of aliphatic hydroxyl groups is 1. The smallest absolute Gasteiger partial charge is 0.328 e. The molecule has 0 fully saturated rings. The number of hydrogen-bond donors (Lipinski definition) is 5. The normalized spacial score (nSPS) is 11.8. The molecule has 0 unspecified atom stereocenters. The van der Waals surface area contributed by atoms with Gasteiger partial charge in [-0.3, -0.25) is 9.97 Å². The molecule has 5 rings (SSSR count). The van der Waals surface area contributed by atoms with Crippen LogP contribution in [0.25, 0.3) is 21.8 Å². The van der Waals surface area contributed by atoms with E-state index < -0.39 is 18.6 Å². The number of aromatic nitrogens is 5. The fraction of sp³-hybridized carbons (Fsp3) is 0.267. The molecule has 2 aromatic carbocycles. The van der Waals surface area contributed by atoms with E-state index in [0.717, 1.165) is 44.6 Å². The zero-order chi connectivity index (χ0) is 30.8. The van der Waals surface area contributed by atoms with E-state index in [2.05, 4.69) is 40.9 Å². The van der Waals surface area contributed by atoms with Crippen molar-refractivity contribution in [2.24, 2.45) is 0 Å². The number of carbonyl (C=O) groups is 1. The molecule has 0 saturated carbocycles. The minimum atomic E-state index is -1.31. The molecule has 13 heteroatoms. The topological polar surface area (TPSA) is 165 Å². The molecule has 5 N–H and O–H groups in total. The molecule has 0 aliphatic rings. The van der Waals surface area contributed by atoms with E-state index in [1.807, 2.05) is 100 Å². The molecule has 0 saturated heterocycles. The van der Waals surface area contributed by atoms with Crippen molar-refractivity contribution >= 4 is 68.4 Å². The number of fused-ring (bicyclic) bond motifs is 2. The Hall–Kier alpha value is -5.30. The first-order chi connectivity index (χ1) is 20.5. The zero-order valence-corrected chi connectivity index (χ0v) is 24.8. The van der Waals surface area contributed by atoms with Gasteiger partial charge in [0.15, 0.2) is 6.04 Å². The number of nitrogens with one attached hydrogen (secondary N) is 3. The summed E-state index contributed by atoms with van der Waals surface area (Å²) in [6.45, 7) is 3.26. The van der Waals surface area contributed by atoms with Crippen LogP contribution in [0, 0.1) is 13.8 Å². The molecule has 0 aliphatic carbocycles. The van der Waals surface area contributed by atoms with E-state index in [4.69, 9.17) is 0 Å². The minimum Gasteiger partial charge on any atom is -0.480 e. The largest absolute Gasteiger partial charge is 0.480 e. The van der Waals surface area contributed by atoms with E-state index in [9.17, 15) is 15.0 Å². The average Bonchev–Trinajstić information content (AvgIpc) is 2.95. The molecule has 0 radical (unpaired) electrons. The summed E-state index contributed by atoms with van der Waals surface area (Å²) in [6.07, 6.45) is 0. The third-order valence-corrected chi connectivity index (χ3v) is 6.73. The highest BCUT2D eigenvalue weighted by molar-refractivity contribution is 5.95. The Morgan fingerprint density at radius 2 is 1.16 bits per heavy atom. The maximum Gasteiger partial charge on any atom is 0.328 e. The number of benzene rings is 2. The second-order valence-electron chi connectivity index (χ2n) is 10.6. The van der Waals surface area contributed by atoms with Gasteiger partial charge in [-0.1, -0.05) is 0 Å². The van der Waals surface area contributed by atoms with Crippen molar-refractivity contribution in [1.82, 2.24) is 24.9 Å². The number of hydrogen-bond acceptors (Lipinski definition) is 12. The van der Waals surface area contributed by atoms with Crippen molar-refractivity contribution in [3.05, 3.63) is 59.9 Å². The van der Waals surface area contributed by atoms with Crippen molar-refractivity contribution in [2.75, 3.05) is 60.5 Å². The maximum atomic E-state index is 11.6. The van der Waals surface area contributed by atoms with Crippen molar-refractivity contribution < 1.29 is 15.0 Å². The Kier molecular flexibility index (Phi) is 8.08. The number of pyridine rings is 2. The minimum absolute atomic E-state index is 0.0272. The molecular formula is C30H34N10O3. The first-order valence-electron chi connectivity index (χ1n) is 13.6. The highest BCUT2D eigenvalue weighted by atomic mass is 16.4. The number of carboxylic acids is 1. The van der Waals surface area contributed by atoms with Gasteiger partial charge in [-0.05, 0) is 62.4 Å². The van der Waals surface area contributed by atoms with Crippen LogP contribution in [0.4, 0.5) is 40.6 Å². The number of rotatable bonds is 10. The highest BCUT2D eigenvalue weighted by Crippen LogP contribution is 2.31. The van der Waals surface area contributed by atoms with E-state index >= 15 is 0 Å². The Morgan fingerprint density at radius 1 is 0.721 bits per heavy atom. The molecule has 13 nitrogen and oxygen atoms in total. The monoisotopic (exact) mass is 582 g/mol. The molecular weight excluding hydrogens is 548 g/mol. The number of aliphatic hydroxyl groups excluding tert-OH is 1. The van der Waals surface area contributed by atoms with Crippen molar-refractivity contribution in [1.29, 1.82) is 0 Å². The van der Waals surface area contributed by atoms with Crippen molar-refractivity contribution in [3.63, 3.8) is 0 Å². The van der Waals surface area contributed by atoms with Crippen LogP contribution in [0.15, 0.2) is 48.5 Å². The van der Waals surface area contributed by atoms with Gasteiger partial charge >= 0.3 is 5.97 Å². The van der Waals surface area contributed by atoms with Gasteiger partial charge in [-0.2, -0.15) is 15.0 Å². The zero-order valence-electron chi connectivity index (χ0n) is 24.8. The molecule has 43 heavy (non-hydrogen) atoms. The molecule has 0 aliphatic heterocycles. The van der Waals surface area contributed by atoms with E-state index in [1.54, 1.807) is 0 Å². The third-order valence-electron chi connectivity index (χ3n) is 6.73. The standard InChI is InChI=1S/C30H34N10O3/c1-16-11-25(39(3)4)20-13-18(7-9-22(20)31-16)33-28-36-29(38-30(37-28)35-24(15-41)27(42)43)34-19-8-10-23-21(14-19)26(40(5)6)12-17(2)32-23/h7-14,24,41H,15H2,1-6H3,(H,42,43)(H3,33,34,35,36,37,38)/t24-/m0/s1. The SMILES string of the molecule is Cc1cc(N(C)C)c2cc(Nc3nc(Nc4ccc5nc(C)cc(N(C)C)c5c4)nc(N[C@@H](CO)C(=O)O)n3)ccc2n1. The van der Waals surface area contributed by atoms with Gasteiger partial charge in [0.25, 0.3) is 0 Å². The lowest BCUT2D eigenvalue weighted by molar-refractivity contribution is -0.138. The third kappa shape index (κ3) is 6.46. The summed E-state index contributed by atoms with van der Waals surface area (Å²) < 4.78 is 0. The molecule has 5 aromatic rings. The van der Waals surface area contributed by atoms with Gasteiger partial charge < -0.3 is 36.0 Å². The summed E-state index contributed by atoms with van der Waals surface area (Å²) in [6, 6.07) is 14.2. The van der Waals surface area contributed by atoms with Crippen LogP contribution in [-0.2, 0) is 4.79 Å². The summed E-state index contributed by atoms with van der Waals surface area (Å²) in [7, 11) is 7.90.